The Balaban J connectivity index is 1.33. The number of carbonyl (C=O) groups is 1. The van der Waals surface area contributed by atoms with Gasteiger partial charge < -0.3 is 4.74 Å². The molecule has 1 amide bonds. The quantitative estimate of drug-likeness (QED) is 0.349. The summed E-state index contributed by atoms with van der Waals surface area (Å²) >= 11 is 0. The molecule has 0 fully saturated rings. The van der Waals surface area contributed by atoms with E-state index in [0.29, 0.717) is 17.0 Å². The summed E-state index contributed by atoms with van der Waals surface area (Å²) in [6.45, 7) is 1.58. The molecular formula is C25H22N4O3. The maximum absolute atomic E-state index is 12.6. The highest BCUT2D eigenvalue weighted by Gasteiger charge is 2.10. The summed E-state index contributed by atoms with van der Waals surface area (Å²) in [5, 5.41) is 6.90. The molecule has 0 atom stereocenters. The van der Waals surface area contributed by atoms with Crippen molar-refractivity contribution in [3.63, 3.8) is 0 Å². The molecule has 0 aliphatic rings. The zero-order valence-corrected chi connectivity index (χ0v) is 17.5. The van der Waals surface area contributed by atoms with Gasteiger partial charge in [0, 0.05) is 5.69 Å². The van der Waals surface area contributed by atoms with Crippen LogP contribution >= 0.6 is 0 Å². The number of nitrogens with zero attached hydrogens (tertiary/aromatic N) is 2. The lowest BCUT2D eigenvalue weighted by atomic mass is 10.1. The van der Waals surface area contributed by atoms with Crippen molar-refractivity contribution in [3.8, 4) is 22.6 Å². The van der Waals surface area contributed by atoms with Gasteiger partial charge in [-0.15, -0.1) is 0 Å². The zero-order valence-electron chi connectivity index (χ0n) is 17.5. The second-order valence-corrected chi connectivity index (χ2v) is 7.10. The van der Waals surface area contributed by atoms with Gasteiger partial charge in [-0.3, -0.25) is 14.7 Å². The maximum atomic E-state index is 12.6. The van der Waals surface area contributed by atoms with Crippen LogP contribution in [0.15, 0.2) is 94.8 Å². The average molecular weight is 426 g/mol. The topological polar surface area (TPSA) is 88.5 Å². The molecule has 7 nitrogen and oxygen atoms in total. The van der Waals surface area contributed by atoms with Crippen LogP contribution in [0.25, 0.3) is 16.8 Å². The number of aryl methyl sites for hydroxylation is 1. The zero-order chi connectivity index (χ0) is 22.3. The molecule has 0 unspecified atom stereocenters. The fourth-order valence-corrected chi connectivity index (χ4v) is 3.19. The number of nitrogens with one attached hydrogen (secondary N) is 2. The van der Waals surface area contributed by atoms with Crippen molar-refractivity contribution in [1.29, 1.82) is 0 Å². The molecule has 0 bridgehead atoms. The van der Waals surface area contributed by atoms with E-state index in [1.807, 2.05) is 84.9 Å². The second-order valence-electron chi connectivity index (χ2n) is 7.10. The molecule has 4 aromatic rings. The Morgan fingerprint density at radius 1 is 0.969 bits per heavy atom. The third-order valence-electron chi connectivity index (χ3n) is 4.85. The van der Waals surface area contributed by atoms with Crippen molar-refractivity contribution in [1.82, 2.24) is 15.2 Å². The number of ether oxygens (including phenoxy) is 1. The number of carbonyl (C=O) groups excluding carboxylic acids is 1. The number of hydrazone groups is 1. The Labute approximate surface area is 185 Å². The number of aromatic amines is 1. The Hall–Kier alpha value is -4.39. The molecule has 0 aliphatic heterocycles. The van der Waals surface area contributed by atoms with Crippen molar-refractivity contribution < 1.29 is 9.53 Å². The lowest BCUT2D eigenvalue weighted by Gasteiger charge is -2.06. The van der Waals surface area contributed by atoms with Crippen molar-refractivity contribution >= 4 is 12.1 Å². The van der Waals surface area contributed by atoms with Gasteiger partial charge in [0.05, 0.1) is 17.5 Å². The minimum atomic E-state index is -0.426. The van der Waals surface area contributed by atoms with Gasteiger partial charge in [0.15, 0.2) is 6.61 Å². The maximum Gasteiger partial charge on any atom is 0.280 e. The fourth-order valence-electron chi connectivity index (χ4n) is 3.19. The van der Waals surface area contributed by atoms with Gasteiger partial charge in [-0.05, 0) is 42.3 Å². The number of benzene rings is 3. The van der Waals surface area contributed by atoms with Crippen LogP contribution in [-0.2, 0) is 4.79 Å². The minimum absolute atomic E-state index is 0.192. The van der Waals surface area contributed by atoms with E-state index in [9.17, 15) is 9.59 Å². The van der Waals surface area contributed by atoms with Crippen LogP contribution in [0.3, 0.4) is 0 Å². The smallest absolute Gasteiger partial charge is 0.280 e. The molecule has 7 heteroatoms. The van der Waals surface area contributed by atoms with E-state index in [1.165, 1.54) is 10.9 Å². The van der Waals surface area contributed by atoms with E-state index < -0.39 is 5.91 Å². The van der Waals surface area contributed by atoms with Gasteiger partial charge in [-0.1, -0.05) is 60.7 Å². The molecule has 0 radical (unpaired) electrons. The van der Waals surface area contributed by atoms with E-state index >= 15 is 0 Å². The largest absolute Gasteiger partial charge is 0.484 e. The first kappa shape index (κ1) is 20.9. The van der Waals surface area contributed by atoms with Crippen LogP contribution in [0.5, 0.6) is 5.75 Å². The monoisotopic (exact) mass is 426 g/mol. The molecule has 32 heavy (non-hydrogen) atoms. The molecule has 1 heterocycles. The SMILES string of the molecule is Cc1[nH]n(-c2ccccc2)c(=O)c1/C=N/NC(=O)COc1ccc(-c2ccccc2)cc1. The first-order valence-corrected chi connectivity index (χ1v) is 10.1. The highest BCUT2D eigenvalue weighted by molar-refractivity contribution is 5.83. The van der Waals surface area contributed by atoms with Crippen LogP contribution in [0.2, 0.25) is 0 Å². The Morgan fingerprint density at radius 2 is 1.59 bits per heavy atom. The molecule has 1 aromatic heterocycles. The summed E-state index contributed by atoms with van der Waals surface area (Å²) in [6, 6.07) is 26.7. The van der Waals surface area contributed by atoms with Crippen molar-refractivity contribution in [2.75, 3.05) is 6.61 Å². The number of para-hydroxylation sites is 1. The Bertz CT molecular complexity index is 1270. The third-order valence-corrected chi connectivity index (χ3v) is 4.85. The number of rotatable bonds is 7. The third kappa shape index (κ3) is 4.84. The predicted octanol–water partition coefficient (Wildman–Crippen LogP) is 3.67. The number of H-pyrrole nitrogens is 1. The summed E-state index contributed by atoms with van der Waals surface area (Å²) in [5.41, 5.74) is 6.04. The van der Waals surface area contributed by atoms with E-state index in [-0.39, 0.29) is 12.2 Å². The summed E-state index contributed by atoms with van der Waals surface area (Å²) < 4.78 is 6.94. The van der Waals surface area contributed by atoms with E-state index in [4.69, 9.17) is 4.74 Å². The van der Waals surface area contributed by atoms with Crippen LogP contribution < -0.4 is 15.7 Å². The molecule has 0 saturated heterocycles. The van der Waals surface area contributed by atoms with E-state index in [1.54, 1.807) is 6.92 Å². The van der Waals surface area contributed by atoms with Crippen LogP contribution in [-0.4, -0.2) is 28.5 Å². The molecule has 0 spiro atoms. The van der Waals surface area contributed by atoms with Crippen molar-refractivity contribution in [2.24, 2.45) is 5.10 Å². The summed E-state index contributed by atoms with van der Waals surface area (Å²) in [7, 11) is 0. The summed E-state index contributed by atoms with van der Waals surface area (Å²) in [5.74, 6) is 0.154. The van der Waals surface area contributed by atoms with Crippen molar-refractivity contribution in [2.45, 2.75) is 6.92 Å². The first-order chi connectivity index (χ1) is 15.6. The van der Waals surface area contributed by atoms with E-state index in [0.717, 1.165) is 16.8 Å². The van der Waals surface area contributed by atoms with Crippen LogP contribution in [0.1, 0.15) is 11.3 Å². The second kappa shape index (κ2) is 9.61. The molecular weight excluding hydrogens is 404 g/mol. The standard InChI is InChI=1S/C25H22N4O3/c1-18-23(25(31)29(28-18)21-10-6-3-7-11-21)16-26-27-24(30)17-32-22-14-12-20(13-15-22)19-8-4-2-5-9-19/h2-16,28H,17H2,1H3,(H,27,30)/b26-16+. The van der Waals surface area contributed by atoms with Gasteiger partial charge in [0.1, 0.15) is 5.75 Å². The molecule has 2 N–H and O–H groups in total. The minimum Gasteiger partial charge on any atom is -0.484 e. The number of hydrogen-bond donors (Lipinski definition) is 2. The molecule has 0 aliphatic carbocycles. The average Bonchev–Trinajstić information content (AvgIpc) is 3.12. The van der Waals surface area contributed by atoms with Crippen LogP contribution in [0, 0.1) is 6.92 Å². The summed E-state index contributed by atoms with van der Waals surface area (Å²) in [4.78, 5) is 24.7. The lowest BCUT2D eigenvalue weighted by molar-refractivity contribution is -0.123. The molecule has 160 valence electrons. The highest BCUT2D eigenvalue weighted by atomic mass is 16.5. The van der Waals surface area contributed by atoms with Crippen LogP contribution in [0.4, 0.5) is 0 Å². The molecule has 3 aromatic carbocycles. The normalized spacial score (nSPS) is 10.9. The van der Waals surface area contributed by atoms with Gasteiger partial charge in [0.2, 0.25) is 0 Å². The fraction of sp³-hybridized carbons (Fsp3) is 0.0800. The van der Waals surface area contributed by atoms with Gasteiger partial charge in [0.25, 0.3) is 11.5 Å². The van der Waals surface area contributed by atoms with E-state index in [2.05, 4.69) is 15.6 Å². The molecule has 4 rings (SSSR count). The van der Waals surface area contributed by atoms with Gasteiger partial charge in [-0.25, -0.2) is 10.1 Å². The Kier molecular flexibility index (Phi) is 6.27. The highest BCUT2D eigenvalue weighted by Crippen LogP contribution is 2.21. The van der Waals surface area contributed by atoms with Crippen molar-refractivity contribution in [3.05, 3.63) is 107 Å². The van der Waals surface area contributed by atoms with Gasteiger partial charge in [-0.2, -0.15) is 5.10 Å². The summed E-state index contributed by atoms with van der Waals surface area (Å²) in [6.07, 6.45) is 1.33. The molecule has 0 saturated carbocycles. The lowest BCUT2D eigenvalue weighted by Crippen LogP contribution is -2.25. The predicted molar refractivity (Wildman–Crippen MR) is 124 cm³/mol. The number of aromatic nitrogens is 2. The Morgan fingerprint density at radius 3 is 2.28 bits per heavy atom. The first-order valence-electron chi connectivity index (χ1n) is 10.1. The number of amides is 1. The number of hydrogen-bond acceptors (Lipinski definition) is 4. The van der Waals surface area contributed by atoms with Gasteiger partial charge >= 0.3 is 0 Å².